The average molecular weight is 256 g/mol. The Kier molecular flexibility index (Phi) is 2.81. The summed E-state index contributed by atoms with van der Waals surface area (Å²) in [7, 11) is 0. The third-order valence-corrected chi connectivity index (χ3v) is 3.97. The molecule has 0 radical (unpaired) electrons. The Morgan fingerprint density at radius 3 is 2.78 bits per heavy atom. The lowest BCUT2D eigenvalue weighted by Gasteiger charge is -2.12. The minimum absolute atomic E-state index is 0.656. The predicted molar refractivity (Wildman–Crippen MR) is 72.7 cm³/mol. The summed E-state index contributed by atoms with van der Waals surface area (Å²) >= 11 is 1.47. The molecule has 0 bridgehead atoms. The molecule has 2 aromatic heterocycles. The molecule has 1 N–H and O–H groups in total. The molecule has 1 atom stereocenters. The first-order chi connectivity index (χ1) is 8.77. The van der Waals surface area contributed by atoms with Crippen molar-refractivity contribution in [3.05, 3.63) is 58.2 Å². The topological polar surface area (TPSA) is 46.0 Å². The van der Waals surface area contributed by atoms with Crippen molar-refractivity contribution in [1.82, 2.24) is 9.97 Å². The third kappa shape index (κ3) is 1.79. The van der Waals surface area contributed by atoms with Gasteiger partial charge in [0.15, 0.2) is 0 Å². The predicted octanol–water partition coefficient (Wildman–Crippen LogP) is 3.08. The Bertz CT molecular complexity index is 688. The second kappa shape index (κ2) is 4.48. The molecule has 0 amide bonds. The van der Waals surface area contributed by atoms with Crippen LogP contribution in [0.2, 0.25) is 0 Å². The third-order valence-electron chi connectivity index (χ3n) is 2.99. The second-order valence-electron chi connectivity index (χ2n) is 4.13. The average Bonchev–Trinajstić information content (AvgIpc) is 2.83. The molecule has 3 nitrogen and oxygen atoms in total. The van der Waals surface area contributed by atoms with Gasteiger partial charge in [-0.25, -0.2) is 4.98 Å². The SMILES string of the molecule is Cc1ncsc1C(O)c1cccc2cccnc12. The summed E-state index contributed by atoms with van der Waals surface area (Å²) in [5, 5.41) is 11.5. The number of fused-ring (bicyclic) bond motifs is 1. The van der Waals surface area contributed by atoms with Crippen LogP contribution >= 0.6 is 11.3 Å². The number of hydrogen-bond acceptors (Lipinski definition) is 4. The summed E-state index contributed by atoms with van der Waals surface area (Å²) in [5.74, 6) is 0. The Morgan fingerprint density at radius 2 is 2.00 bits per heavy atom. The van der Waals surface area contributed by atoms with Gasteiger partial charge in [0.1, 0.15) is 6.10 Å². The number of hydrogen-bond donors (Lipinski definition) is 1. The fraction of sp³-hybridized carbons (Fsp3) is 0.143. The van der Waals surface area contributed by atoms with Gasteiger partial charge in [-0.2, -0.15) is 0 Å². The van der Waals surface area contributed by atoms with Crippen LogP contribution in [-0.4, -0.2) is 15.1 Å². The van der Waals surface area contributed by atoms with Gasteiger partial charge in [0.2, 0.25) is 0 Å². The van der Waals surface area contributed by atoms with E-state index in [1.54, 1.807) is 11.7 Å². The molecule has 0 spiro atoms. The van der Waals surface area contributed by atoms with Crippen molar-refractivity contribution in [2.24, 2.45) is 0 Å². The molecule has 0 fully saturated rings. The Balaban J connectivity index is 2.18. The van der Waals surface area contributed by atoms with Gasteiger partial charge in [0, 0.05) is 17.1 Å². The highest BCUT2D eigenvalue weighted by Gasteiger charge is 2.17. The van der Waals surface area contributed by atoms with Crippen LogP contribution < -0.4 is 0 Å². The number of aryl methyl sites for hydroxylation is 1. The highest BCUT2D eigenvalue weighted by atomic mass is 32.1. The van der Waals surface area contributed by atoms with E-state index >= 15 is 0 Å². The molecule has 0 aliphatic heterocycles. The molecule has 90 valence electrons. The number of thiazole rings is 1. The first kappa shape index (κ1) is 11.3. The number of rotatable bonds is 2. The maximum absolute atomic E-state index is 10.5. The lowest BCUT2D eigenvalue weighted by atomic mass is 10.0. The van der Waals surface area contributed by atoms with E-state index in [0.29, 0.717) is 0 Å². The van der Waals surface area contributed by atoms with Crippen LogP contribution in [0.4, 0.5) is 0 Å². The van der Waals surface area contributed by atoms with Gasteiger partial charge in [-0.1, -0.05) is 24.3 Å². The Labute approximate surface area is 109 Å². The second-order valence-corrected chi connectivity index (χ2v) is 5.01. The van der Waals surface area contributed by atoms with Gasteiger partial charge in [-0.05, 0) is 13.0 Å². The molecule has 0 aliphatic rings. The zero-order valence-electron chi connectivity index (χ0n) is 9.87. The van der Waals surface area contributed by atoms with Gasteiger partial charge < -0.3 is 5.11 Å². The lowest BCUT2D eigenvalue weighted by molar-refractivity contribution is 0.224. The first-order valence-electron chi connectivity index (χ1n) is 5.69. The molecule has 18 heavy (non-hydrogen) atoms. The zero-order valence-corrected chi connectivity index (χ0v) is 10.7. The van der Waals surface area contributed by atoms with Crippen LogP contribution in [0.25, 0.3) is 10.9 Å². The number of aromatic nitrogens is 2. The van der Waals surface area contributed by atoms with Crippen LogP contribution in [0.5, 0.6) is 0 Å². The van der Waals surface area contributed by atoms with Crippen LogP contribution in [0.15, 0.2) is 42.0 Å². The van der Waals surface area contributed by atoms with Crippen LogP contribution in [-0.2, 0) is 0 Å². The fourth-order valence-electron chi connectivity index (χ4n) is 2.06. The van der Waals surface area contributed by atoms with Gasteiger partial charge in [-0.15, -0.1) is 11.3 Å². The smallest absolute Gasteiger partial charge is 0.117 e. The quantitative estimate of drug-likeness (QED) is 0.766. The molecule has 1 unspecified atom stereocenters. The molecule has 2 heterocycles. The molecule has 0 aliphatic carbocycles. The molecular formula is C14H12N2OS. The van der Waals surface area contributed by atoms with E-state index in [1.165, 1.54) is 11.3 Å². The number of para-hydroxylation sites is 1. The summed E-state index contributed by atoms with van der Waals surface area (Å²) in [6.07, 6.45) is 1.09. The van der Waals surface area contributed by atoms with E-state index in [2.05, 4.69) is 9.97 Å². The monoisotopic (exact) mass is 256 g/mol. The zero-order chi connectivity index (χ0) is 12.5. The van der Waals surface area contributed by atoms with E-state index in [0.717, 1.165) is 27.0 Å². The minimum Gasteiger partial charge on any atom is -0.383 e. The summed E-state index contributed by atoms with van der Waals surface area (Å²) in [6.45, 7) is 1.91. The molecule has 4 heteroatoms. The van der Waals surface area contributed by atoms with E-state index in [-0.39, 0.29) is 0 Å². The number of aliphatic hydroxyl groups excluding tert-OH is 1. The van der Waals surface area contributed by atoms with Crippen molar-refractivity contribution in [2.45, 2.75) is 13.0 Å². The first-order valence-corrected chi connectivity index (χ1v) is 6.57. The molecular weight excluding hydrogens is 244 g/mol. The number of aliphatic hydroxyl groups is 1. The summed E-state index contributed by atoms with van der Waals surface area (Å²) in [5.41, 5.74) is 4.31. The van der Waals surface area contributed by atoms with Crippen molar-refractivity contribution in [2.75, 3.05) is 0 Å². The molecule has 1 aromatic carbocycles. The van der Waals surface area contributed by atoms with Crippen molar-refractivity contribution in [3.63, 3.8) is 0 Å². The maximum Gasteiger partial charge on any atom is 0.117 e. The number of pyridine rings is 1. The highest BCUT2D eigenvalue weighted by Crippen LogP contribution is 2.31. The van der Waals surface area contributed by atoms with Crippen molar-refractivity contribution >= 4 is 22.2 Å². The maximum atomic E-state index is 10.5. The van der Waals surface area contributed by atoms with Gasteiger partial charge in [0.25, 0.3) is 0 Å². The van der Waals surface area contributed by atoms with Gasteiger partial charge >= 0.3 is 0 Å². The van der Waals surface area contributed by atoms with Gasteiger partial charge in [0.05, 0.1) is 21.6 Å². The normalized spacial score (nSPS) is 12.8. The Hall–Kier alpha value is -1.78. The highest BCUT2D eigenvalue weighted by molar-refractivity contribution is 7.09. The van der Waals surface area contributed by atoms with E-state index in [4.69, 9.17) is 0 Å². The van der Waals surface area contributed by atoms with Gasteiger partial charge in [-0.3, -0.25) is 4.98 Å². The van der Waals surface area contributed by atoms with Crippen molar-refractivity contribution in [3.8, 4) is 0 Å². The molecule has 0 saturated carbocycles. The number of benzene rings is 1. The fourth-order valence-corrected chi connectivity index (χ4v) is 2.87. The summed E-state index contributed by atoms with van der Waals surface area (Å²) in [6, 6.07) is 9.75. The van der Waals surface area contributed by atoms with Crippen LogP contribution in [0.3, 0.4) is 0 Å². The summed E-state index contributed by atoms with van der Waals surface area (Å²) in [4.78, 5) is 9.43. The number of nitrogens with zero attached hydrogens (tertiary/aromatic N) is 2. The minimum atomic E-state index is -0.656. The lowest BCUT2D eigenvalue weighted by Crippen LogP contribution is -2.01. The standard InChI is InChI=1S/C14H12N2OS/c1-9-14(18-8-16-9)13(17)11-6-2-4-10-5-3-7-15-12(10)11/h2-8,13,17H,1H3. The molecule has 0 saturated heterocycles. The van der Waals surface area contributed by atoms with Crippen LogP contribution in [0, 0.1) is 6.92 Å². The van der Waals surface area contributed by atoms with Crippen molar-refractivity contribution in [1.29, 1.82) is 0 Å². The van der Waals surface area contributed by atoms with Crippen LogP contribution in [0.1, 0.15) is 22.2 Å². The molecule has 3 rings (SSSR count). The Morgan fingerprint density at radius 1 is 1.17 bits per heavy atom. The van der Waals surface area contributed by atoms with E-state index in [1.807, 2.05) is 37.3 Å². The van der Waals surface area contributed by atoms with Crippen molar-refractivity contribution < 1.29 is 5.11 Å². The largest absolute Gasteiger partial charge is 0.383 e. The molecule has 3 aromatic rings. The summed E-state index contributed by atoms with van der Waals surface area (Å²) < 4.78 is 0. The van der Waals surface area contributed by atoms with E-state index < -0.39 is 6.10 Å². The van der Waals surface area contributed by atoms with E-state index in [9.17, 15) is 5.11 Å².